The highest BCUT2D eigenvalue weighted by Crippen LogP contribution is 2.31. The van der Waals surface area contributed by atoms with Crippen LogP contribution in [-0.2, 0) is 20.1 Å². The third-order valence-corrected chi connectivity index (χ3v) is 5.29. The number of amides is 3. The van der Waals surface area contributed by atoms with E-state index >= 15 is 0 Å². The number of hydrogen-bond acceptors (Lipinski definition) is 5. The Morgan fingerprint density at radius 2 is 2.06 bits per heavy atom. The number of nitrogens with two attached hydrogens (primary N) is 1. The fraction of sp³-hybridized carbons (Fsp3) is 0.250. The zero-order valence-electron chi connectivity index (χ0n) is 16.9. The van der Waals surface area contributed by atoms with E-state index in [9.17, 15) is 18.4 Å². The Bertz CT molecular complexity index is 1110. The molecule has 0 spiro atoms. The number of halogens is 2. The van der Waals surface area contributed by atoms with Crippen molar-refractivity contribution in [1.82, 2.24) is 14.3 Å². The number of aryl methyl sites for hydroxylation is 2. The van der Waals surface area contributed by atoms with Gasteiger partial charge in [-0.05, 0) is 48.3 Å². The SMILES string of the molecule is Cc1cc(F)c(COc2nsc(NC(=O)NCCc3cccn3C)c2C(N)=O)cc1F. The van der Waals surface area contributed by atoms with Gasteiger partial charge in [0.1, 0.15) is 28.8 Å². The van der Waals surface area contributed by atoms with E-state index in [0.29, 0.717) is 13.0 Å². The second kappa shape index (κ2) is 9.56. The summed E-state index contributed by atoms with van der Waals surface area (Å²) in [5.41, 5.74) is 6.43. The van der Waals surface area contributed by atoms with Gasteiger partial charge < -0.3 is 20.4 Å². The van der Waals surface area contributed by atoms with E-state index in [1.54, 1.807) is 0 Å². The van der Waals surface area contributed by atoms with Gasteiger partial charge in [-0.15, -0.1) is 0 Å². The Morgan fingerprint density at radius 3 is 2.74 bits per heavy atom. The summed E-state index contributed by atoms with van der Waals surface area (Å²) in [5, 5.41) is 5.29. The van der Waals surface area contributed by atoms with Gasteiger partial charge in [-0.3, -0.25) is 10.1 Å². The molecule has 0 atom stereocenters. The molecule has 3 aromatic rings. The summed E-state index contributed by atoms with van der Waals surface area (Å²) in [6.45, 7) is 1.45. The molecule has 0 saturated carbocycles. The Morgan fingerprint density at radius 1 is 1.29 bits per heavy atom. The smallest absolute Gasteiger partial charge is 0.319 e. The standard InChI is InChI=1S/C20H21F2N5O3S/c1-11-8-15(22)12(9-14(11)21)10-30-18-16(17(23)28)19(31-26-18)25-20(29)24-6-5-13-4-3-7-27(13)2/h3-4,7-9H,5-6,10H2,1-2H3,(H2,23,28)(H2,24,25,29). The van der Waals surface area contributed by atoms with Crippen molar-refractivity contribution in [2.24, 2.45) is 12.8 Å². The number of rotatable bonds is 8. The minimum atomic E-state index is -0.876. The lowest BCUT2D eigenvalue weighted by atomic mass is 10.1. The van der Waals surface area contributed by atoms with Gasteiger partial charge in [-0.1, -0.05) is 0 Å². The lowest BCUT2D eigenvalue weighted by molar-refractivity contribution is 0.0996. The average molecular weight is 449 g/mol. The van der Waals surface area contributed by atoms with Gasteiger partial charge >= 0.3 is 6.03 Å². The molecule has 0 bridgehead atoms. The van der Waals surface area contributed by atoms with Crippen LogP contribution in [0.3, 0.4) is 0 Å². The van der Waals surface area contributed by atoms with Crippen molar-refractivity contribution in [2.75, 3.05) is 11.9 Å². The molecule has 0 fully saturated rings. The van der Waals surface area contributed by atoms with Crippen molar-refractivity contribution < 1.29 is 23.1 Å². The highest BCUT2D eigenvalue weighted by atomic mass is 32.1. The van der Waals surface area contributed by atoms with Crippen molar-refractivity contribution >= 4 is 28.5 Å². The van der Waals surface area contributed by atoms with Crippen LogP contribution in [0.15, 0.2) is 30.5 Å². The van der Waals surface area contributed by atoms with Gasteiger partial charge in [-0.2, -0.15) is 4.37 Å². The van der Waals surface area contributed by atoms with Crippen molar-refractivity contribution in [1.29, 1.82) is 0 Å². The first kappa shape index (κ1) is 22.2. The lowest BCUT2D eigenvalue weighted by Gasteiger charge is -2.09. The monoisotopic (exact) mass is 449 g/mol. The van der Waals surface area contributed by atoms with Gasteiger partial charge in [0.25, 0.3) is 5.91 Å². The van der Waals surface area contributed by atoms with Crippen LogP contribution in [0.4, 0.5) is 18.6 Å². The maximum Gasteiger partial charge on any atom is 0.319 e. The van der Waals surface area contributed by atoms with Crippen molar-refractivity contribution in [2.45, 2.75) is 20.0 Å². The van der Waals surface area contributed by atoms with E-state index in [1.807, 2.05) is 29.9 Å². The van der Waals surface area contributed by atoms with Crippen molar-refractivity contribution in [3.05, 3.63) is 64.5 Å². The molecule has 0 unspecified atom stereocenters. The summed E-state index contributed by atoms with van der Waals surface area (Å²) in [6.07, 6.45) is 2.53. The quantitative estimate of drug-likeness (QED) is 0.491. The predicted molar refractivity (Wildman–Crippen MR) is 112 cm³/mol. The van der Waals surface area contributed by atoms with Crippen molar-refractivity contribution in [3.63, 3.8) is 0 Å². The van der Waals surface area contributed by atoms with E-state index in [-0.39, 0.29) is 34.2 Å². The number of carbonyl (C=O) groups excluding carboxylic acids is 2. The highest BCUT2D eigenvalue weighted by Gasteiger charge is 2.22. The van der Waals surface area contributed by atoms with E-state index < -0.39 is 23.6 Å². The van der Waals surface area contributed by atoms with E-state index in [2.05, 4.69) is 15.0 Å². The van der Waals surface area contributed by atoms with Crippen LogP contribution >= 0.6 is 11.5 Å². The summed E-state index contributed by atoms with van der Waals surface area (Å²) in [7, 11) is 1.91. The van der Waals surface area contributed by atoms with Gasteiger partial charge in [0.05, 0.1) is 0 Å². The van der Waals surface area contributed by atoms with Crippen LogP contribution in [0, 0.1) is 18.6 Å². The second-order valence-corrected chi connectivity index (χ2v) is 7.55. The molecule has 1 aromatic carbocycles. The number of nitrogens with zero attached hydrogens (tertiary/aromatic N) is 2. The third kappa shape index (κ3) is 5.37. The number of benzene rings is 1. The number of anilines is 1. The first-order valence-electron chi connectivity index (χ1n) is 9.28. The van der Waals surface area contributed by atoms with E-state index in [1.165, 1.54) is 6.92 Å². The number of urea groups is 1. The number of carbonyl (C=O) groups is 2. The first-order chi connectivity index (χ1) is 14.8. The van der Waals surface area contributed by atoms with Crippen LogP contribution in [0.25, 0.3) is 0 Å². The molecule has 0 radical (unpaired) electrons. The summed E-state index contributed by atoms with van der Waals surface area (Å²) in [4.78, 5) is 24.0. The van der Waals surface area contributed by atoms with Gasteiger partial charge in [-0.25, -0.2) is 13.6 Å². The highest BCUT2D eigenvalue weighted by molar-refractivity contribution is 7.11. The van der Waals surface area contributed by atoms with Gasteiger partial charge in [0.2, 0.25) is 5.88 Å². The minimum Gasteiger partial charge on any atom is -0.471 e. The predicted octanol–water partition coefficient (Wildman–Crippen LogP) is 3.11. The molecule has 0 aliphatic heterocycles. The molecule has 3 rings (SSSR count). The summed E-state index contributed by atoms with van der Waals surface area (Å²) < 4.78 is 39.0. The summed E-state index contributed by atoms with van der Waals surface area (Å²) in [5.74, 6) is -2.27. The van der Waals surface area contributed by atoms with E-state index in [0.717, 1.165) is 29.4 Å². The number of ether oxygens (including phenoxy) is 1. The van der Waals surface area contributed by atoms with Crippen LogP contribution < -0.4 is 21.1 Å². The number of nitrogens with one attached hydrogen (secondary N) is 2. The van der Waals surface area contributed by atoms with Crippen LogP contribution in [0.2, 0.25) is 0 Å². The Labute approximate surface area is 181 Å². The molecule has 2 heterocycles. The van der Waals surface area contributed by atoms with Crippen molar-refractivity contribution in [3.8, 4) is 5.88 Å². The zero-order valence-corrected chi connectivity index (χ0v) is 17.7. The molecule has 4 N–H and O–H groups in total. The van der Waals surface area contributed by atoms with Crippen LogP contribution in [0.5, 0.6) is 5.88 Å². The fourth-order valence-electron chi connectivity index (χ4n) is 2.83. The molecule has 0 aliphatic rings. The summed E-state index contributed by atoms with van der Waals surface area (Å²) >= 11 is 0.792. The second-order valence-electron chi connectivity index (χ2n) is 6.78. The summed E-state index contributed by atoms with van der Waals surface area (Å²) in [6, 6.07) is 5.38. The third-order valence-electron chi connectivity index (χ3n) is 4.54. The molecule has 0 aliphatic carbocycles. The maximum absolute atomic E-state index is 14.0. The van der Waals surface area contributed by atoms with Crippen LogP contribution in [0.1, 0.15) is 27.2 Å². The molecule has 0 saturated heterocycles. The molecule has 11 heteroatoms. The molecule has 164 valence electrons. The Balaban J connectivity index is 1.63. The first-order valence-corrected chi connectivity index (χ1v) is 10.1. The molecule has 2 aromatic heterocycles. The normalized spacial score (nSPS) is 10.7. The number of hydrogen-bond donors (Lipinski definition) is 3. The lowest BCUT2D eigenvalue weighted by Crippen LogP contribution is -2.31. The zero-order chi connectivity index (χ0) is 22.5. The molecule has 31 heavy (non-hydrogen) atoms. The molecular weight excluding hydrogens is 428 g/mol. The van der Waals surface area contributed by atoms with E-state index in [4.69, 9.17) is 10.5 Å². The number of aromatic nitrogens is 2. The largest absolute Gasteiger partial charge is 0.471 e. The molecule has 3 amide bonds. The fourth-order valence-corrected chi connectivity index (χ4v) is 3.56. The Hall–Kier alpha value is -3.47. The topological polar surface area (TPSA) is 111 Å². The van der Waals surface area contributed by atoms with Gasteiger partial charge in [0, 0.05) is 37.5 Å². The molecule has 8 nitrogen and oxygen atoms in total. The minimum absolute atomic E-state index is 0.0422. The maximum atomic E-state index is 14.0. The van der Waals surface area contributed by atoms with Gasteiger partial charge in [0.15, 0.2) is 0 Å². The number of primary amides is 1. The van der Waals surface area contributed by atoms with Crippen LogP contribution in [-0.4, -0.2) is 27.4 Å². The Kier molecular flexibility index (Phi) is 6.85. The average Bonchev–Trinajstić information content (AvgIpc) is 3.29. The molecular formula is C20H21F2N5O3S.